The molecule has 0 aromatic heterocycles. The van der Waals surface area contributed by atoms with Crippen molar-refractivity contribution in [2.75, 3.05) is 6.61 Å². The Morgan fingerprint density at radius 2 is 2.33 bits per heavy atom. The van der Waals surface area contributed by atoms with Gasteiger partial charge in [-0.2, -0.15) is 5.26 Å². The summed E-state index contributed by atoms with van der Waals surface area (Å²) in [6.07, 6.45) is -0.668. The number of aliphatic hydroxyl groups is 1. The monoisotopic (exact) mass is 225 g/mol. The van der Waals surface area contributed by atoms with Crippen LogP contribution in [0, 0.1) is 18.3 Å². The van der Waals surface area contributed by atoms with Crippen LogP contribution in [-0.2, 0) is 0 Å². The lowest BCUT2D eigenvalue weighted by Crippen LogP contribution is -2.16. The third-order valence-electron chi connectivity index (χ3n) is 1.90. The van der Waals surface area contributed by atoms with E-state index in [1.807, 2.05) is 13.0 Å². The molecule has 0 radical (unpaired) electrons. The van der Waals surface area contributed by atoms with Gasteiger partial charge in [-0.3, -0.25) is 0 Å². The Hall–Kier alpha value is -1.24. The van der Waals surface area contributed by atoms with Crippen LogP contribution >= 0.6 is 11.6 Å². The van der Waals surface area contributed by atoms with E-state index in [-0.39, 0.29) is 13.0 Å². The third kappa shape index (κ3) is 3.78. The fraction of sp³-hybridized carbons (Fsp3) is 0.364. The van der Waals surface area contributed by atoms with Crippen LogP contribution in [0.25, 0.3) is 0 Å². The molecular weight excluding hydrogens is 214 g/mol. The molecule has 0 bridgehead atoms. The van der Waals surface area contributed by atoms with Crippen LogP contribution in [0.15, 0.2) is 18.2 Å². The molecule has 1 rings (SSSR count). The summed E-state index contributed by atoms with van der Waals surface area (Å²) in [4.78, 5) is 0. The van der Waals surface area contributed by atoms with E-state index in [4.69, 9.17) is 21.6 Å². The van der Waals surface area contributed by atoms with Gasteiger partial charge in [0.1, 0.15) is 18.5 Å². The molecular formula is C11H12ClNO2. The summed E-state index contributed by atoms with van der Waals surface area (Å²) in [5, 5.41) is 18.3. The van der Waals surface area contributed by atoms with Crippen molar-refractivity contribution in [3.63, 3.8) is 0 Å². The topological polar surface area (TPSA) is 53.2 Å². The highest BCUT2D eigenvalue weighted by molar-refractivity contribution is 6.31. The summed E-state index contributed by atoms with van der Waals surface area (Å²) >= 11 is 5.85. The molecule has 0 spiro atoms. The van der Waals surface area contributed by atoms with E-state index in [1.165, 1.54) is 0 Å². The van der Waals surface area contributed by atoms with Crippen molar-refractivity contribution in [1.29, 1.82) is 5.26 Å². The Labute approximate surface area is 93.9 Å². The number of halogens is 1. The van der Waals surface area contributed by atoms with Gasteiger partial charge in [0.05, 0.1) is 12.5 Å². The van der Waals surface area contributed by atoms with Gasteiger partial charge in [0.15, 0.2) is 0 Å². The molecule has 0 amide bonds. The third-order valence-corrected chi connectivity index (χ3v) is 2.32. The molecule has 0 saturated heterocycles. The number of nitriles is 1. The zero-order chi connectivity index (χ0) is 11.3. The predicted octanol–water partition coefficient (Wildman–Crippen LogP) is 2.30. The number of aryl methyl sites for hydroxylation is 1. The van der Waals surface area contributed by atoms with Crippen molar-refractivity contribution < 1.29 is 9.84 Å². The highest BCUT2D eigenvalue weighted by Crippen LogP contribution is 2.21. The van der Waals surface area contributed by atoms with E-state index < -0.39 is 6.10 Å². The summed E-state index contributed by atoms with van der Waals surface area (Å²) in [5.41, 5.74) is 0.920. The molecule has 1 aromatic carbocycles. The Kier molecular flexibility index (Phi) is 4.41. The first-order valence-corrected chi connectivity index (χ1v) is 4.95. The van der Waals surface area contributed by atoms with E-state index in [2.05, 4.69) is 0 Å². The average Bonchev–Trinajstić information content (AvgIpc) is 2.20. The summed E-state index contributed by atoms with van der Waals surface area (Å²) in [5.74, 6) is 0.647. The van der Waals surface area contributed by atoms with Crippen molar-refractivity contribution >= 4 is 11.6 Å². The average molecular weight is 226 g/mol. The van der Waals surface area contributed by atoms with Crippen molar-refractivity contribution in [2.24, 2.45) is 0 Å². The molecule has 0 heterocycles. The normalized spacial score (nSPS) is 11.9. The molecule has 1 N–H and O–H groups in total. The summed E-state index contributed by atoms with van der Waals surface area (Å²) in [6.45, 7) is 2.00. The Balaban J connectivity index is 2.51. The number of aliphatic hydroxyl groups excluding tert-OH is 1. The fourth-order valence-corrected chi connectivity index (χ4v) is 1.18. The van der Waals surface area contributed by atoms with Gasteiger partial charge in [-0.05, 0) is 30.7 Å². The summed E-state index contributed by atoms with van der Waals surface area (Å²) in [7, 11) is 0. The minimum Gasteiger partial charge on any atom is -0.491 e. The maximum absolute atomic E-state index is 9.26. The van der Waals surface area contributed by atoms with Crippen LogP contribution in [0.1, 0.15) is 12.0 Å². The van der Waals surface area contributed by atoms with E-state index in [9.17, 15) is 5.11 Å². The predicted molar refractivity (Wildman–Crippen MR) is 57.9 cm³/mol. The number of hydrogen-bond acceptors (Lipinski definition) is 3. The first kappa shape index (κ1) is 11.8. The molecule has 1 atom stereocenters. The second-order valence-corrected chi connectivity index (χ2v) is 3.65. The van der Waals surface area contributed by atoms with Gasteiger partial charge in [-0.15, -0.1) is 0 Å². The van der Waals surface area contributed by atoms with Crippen LogP contribution in [0.2, 0.25) is 5.02 Å². The molecule has 0 aliphatic rings. The number of benzene rings is 1. The van der Waals surface area contributed by atoms with Gasteiger partial charge in [0.25, 0.3) is 0 Å². The van der Waals surface area contributed by atoms with E-state index in [0.717, 1.165) is 5.56 Å². The zero-order valence-corrected chi connectivity index (χ0v) is 9.16. The van der Waals surface area contributed by atoms with E-state index >= 15 is 0 Å². The molecule has 1 unspecified atom stereocenters. The minimum absolute atomic E-state index is 0.0760. The maximum atomic E-state index is 9.26. The highest BCUT2D eigenvalue weighted by Gasteiger charge is 2.04. The van der Waals surface area contributed by atoms with Crippen molar-refractivity contribution in [3.8, 4) is 11.8 Å². The molecule has 0 aliphatic heterocycles. The molecule has 0 saturated carbocycles. The van der Waals surface area contributed by atoms with Gasteiger partial charge in [-0.25, -0.2) is 0 Å². The first-order chi connectivity index (χ1) is 7.13. The summed E-state index contributed by atoms with van der Waals surface area (Å²) in [6, 6.07) is 7.14. The summed E-state index contributed by atoms with van der Waals surface area (Å²) < 4.78 is 5.30. The zero-order valence-electron chi connectivity index (χ0n) is 8.40. The second-order valence-electron chi connectivity index (χ2n) is 3.24. The lowest BCUT2D eigenvalue weighted by Gasteiger charge is -2.10. The van der Waals surface area contributed by atoms with Crippen LogP contribution in [0.3, 0.4) is 0 Å². The van der Waals surface area contributed by atoms with Crippen molar-refractivity contribution in [2.45, 2.75) is 19.4 Å². The van der Waals surface area contributed by atoms with E-state index in [0.29, 0.717) is 10.8 Å². The Morgan fingerprint density at radius 3 is 2.93 bits per heavy atom. The Morgan fingerprint density at radius 1 is 1.60 bits per heavy atom. The van der Waals surface area contributed by atoms with Gasteiger partial charge in [0, 0.05) is 5.02 Å². The minimum atomic E-state index is -0.744. The fourth-order valence-electron chi connectivity index (χ4n) is 1.06. The SMILES string of the molecule is Cc1cc(OCC(O)CC#N)ccc1Cl. The Bertz CT molecular complexity index is 373. The second kappa shape index (κ2) is 5.59. The number of ether oxygens (including phenoxy) is 1. The highest BCUT2D eigenvalue weighted by atomic mass is 35.5. The van der Waals surface area contributed by atoms with Gasteiger partial charge in [-0.1, -0.05) is 11.6 Å². The molecule has 1 aromatic rings. The first-order valence-electron chi connectivity index (χ1n) is 4.57. The number of nitrogens with zero attached hydrogens (tertiary/aromatic N) is 1. The molecule has 4 heteroatoms. The van der Waals surface area contributed by atoms with Crippen LogP contribution in [0.5, 0.6) is 5.75 Å². The van der Waals surface area contributed by atoms with Gasteiger partial charge >= 0.3 is 0 Å². The molecule has 0 fully saturated rings. The largest absolute Gasteiger partial charge is 0.491 e. The van der Waals surface area contributed by atoms with Crippen molar-refractivity contribution in [3.05, 3.63) is 28.8 Å². The van der Waals surface area contributed by atoms with E-state index in [1.54, 1.807) is 18.2 Å². The van der Waals surface area contributed by atoms with Crippen molar-refractivity contribution in [1.82, 2.24) is 0 Å². The molecule has 0 aliphatic carbocycles. The molecule has 3 nitrogen and oxygen atoms in total. The number of hydrogen-bond donors (Lipinski definition) is 1. The standard InChI is InChI=1S/C11H12ClNO2/c1-8-6-10(2-3-11(8)12)15-7-9(14)4-5-13/h2-3,6,9,14H,4,7H2,1H3. The maximum Gasteiger partial charge on any atom is 0.119 e. The smallest absolute Gasteiger partial charge is 0.119 e. The lowest BCUT2D eigenvalue weighted by atomic mass is 10.2. The van der Waals surface area contributed by atoms with Crippen LogP contribution < -0.4 is 4.74 Å². The number of rotatable bonds is 4. The van der Waals surface area contributed by atoms with Crippen LogP contribution in [0.4, 0.5) is 0 Å². The lowest BCUT2D eigenvalue weighted by molar-refractivity contribution is 0.111. The molecule has 80 valence electrons. The molecule has 15 heavy (non-hydrogen) atoms. The van der Waals surface area contributed by atoms with Gasteiger partial charge < -0.3 is 9.84 Å². The quantitative estimate of drug-likeness (QED) is 0.856. The van der Waals surface area contributed by atoms with Crippen LogP contribution in [-0.4, -0.2) is 17.8 Å². The van der Waals surface area contributed by atoms with Gasteiger partial charge in [0.2, 0.25) is 0 Å².